The minimum Gasteiger partial charge on any atom is -0.507 e. The van der Waals surface area contributed by atoms with Gasteiger partial charge in [0.1, 0.15) is 11.3 Å². The number of anilines is 1. The topological polar surface area (TPSA) is 75.6 Å². The highest BCUT2D eigenvalue weighted by Gasteiger charge is 2.17. The molecule has 0 fully saturated rings. The molecule has 0 unspecified atom stereocenters. The molecule has 0 aromatic heterocycles. The van der Waals surface area contributed by atoms with Crippen LogP contribution in [-0.4, -0.2) is 23.6 Å². The number of para-hydroxylation sites is 1. The van der Waals surface area contributed by atoms with Gasteiger partial charge in [-0.2, -0.15) is 0 Å². The Bertz CT molecular complexity index is 802. The molecule has 0 spiro atoms. The molecule has 0 aliphatic heterocycles. The zero-order valence-corrected chi connectivity index (χ0v) is 15.1. The van der Waals surface area contributed by atoms with E-state index in [0.717, 1.165) is 16.8 Å². The molecule has 2 aromatic carbocycles. The molecule has 0 radical (unpaired) electrons. The monoisotopic (exact) mass is 361 g/mol. The van der Waals surface area contributed by atoms with Crippen molar-refractivity contribution in [1.29, 1.82) is 0 Å². The minimum atomic E-state index is -0.816. The molecule has 2 aromatic rings. The number of phenols is 1. The van der Waals surface area contributed by atoms with Crippen LogP contribution in [0.15, 0.2) is 36.4 Å². The van der Waals surface area contributed by atoms with Crippen LogP contribution in [0.4, 0.5) is 5.69 Å². The summed E-state index contributed by atoms with van der Waals surface area (Å²) in [5.41, 5.74) is 2.58. The number of aromatic hydroxyl groups is 1. The third kappa shape index (κ3) is 4.73. The number of ether oxygens (including phenoxy) is 1. The van der Waals surface area contributed by atoms with E-state index in [1.54, 1.807) is 0 Å². The fourth-order valence-electron chi connectivity index (χ4n) is 2.40. The molecular formula is C19H20ClNO4. The highest BCUT2D eigenvalue weighted by molar-refractivity contribution is 6.31. The van der Waals surface area contributed by atoms with Gasteiger partial charge in [0.05, 0.1) is 0 Å². The lowest BCUT2D eigenvalue weighted by Crippen LogP contribution is -2.22. The number of aryl methyl sites for hydroxylation is 1. The SMILES string of the molecule is Cc1cccc(C(C)C)c1NC(=O)COC(=O)c1cc(Cl)ccc1O. The van der Waals surface area contributed by atoms with Crippen molar-refractivity contribution < 1.29 is 19.4 Å². The Morgan fingerprint density at radius 2 is 1.96 bits per heavy atom. The van der Waals surface area contributed by atoms with E-state index in [4.69, 9.17) is 16.3 Å². The summed E-state index contributed by atoms with van der Waals surface area (Å²) in [5.74, 6) is -1.29. The molecule has 0 heterocycles. The van der Waals surface area contributed by atoms with E-state index in [2.05, 4.69) is 5.32 Å². The zero-order chi connectivity index (χ0) is 18.6. The normalized spacial score (nSPS) is 10.6. The van der Waals surface area contributed by atoms with Crippen LogP contribution in [0.25, 0.3) is 0 Å². The predicted molar refractivity (Wildman–Crippen MR) is 97.3 cm³/mol. The van der Waals surface area contributed by atoms with Crippen LogP contribution in [0.3, 0.4) is 0 Å². The van der Waals surface area contributed by atoms with Crippen molar-refractivity contribution in [2.75, 3.05) is 11.9 Å². The third-order valence-electron chi connectivity index (χ3n) is 3.70. The van der Waals surface area contributed by atoms with Gasteiger partial charge in [0.25, 0.3) is 5.91 Å². The number of nitrogens with one attached hydrogen (secondary N) is 1. The molecule has 6 heteroatoms. The number of carbonyl (C=O) groups is 2. The minimum absolute atomic E-state index is 0.0842. The molecule has 0 saturated carbocycles. The largest absolute Gasteiger partial charge is 0.507 e. The lowest BCUT2D eigenvalue weighted by Gasteiger charge is -2.16. The molecule has 5 nitrogen and oxygen atoms in total. The van der Waals surface area contributed by atoms with Gasteiger partial charge in [-0.05, 0) is 42.2 Å². The molecule has 0 atom stereocenters. The van der Waals surface area contributed by atoms with Gasteiger partial charge >= 0.3 is 5.97 Å². The van der Waals surface area contributed by atoms with Crippen molar-refractivity contribution in [2.24, 2.45) is 0 Å². The number of carbonyl (C=O) groups excluding carboxylic acids is 2. The van der Waals surface area contributed by atoms with Crippen molar-refractivity contribution in [2.45, 2.75) is 26.7 Å². The van der Waals surface area contributed by atoms with Crippen LogP contribution in [0, 0.1) is 6.92 Å². The molecule has 0 aliphatic carbocycles. The second-order valence-corrected chi connectivity index (χ2v) is 6.42. The van der Waals surface area contributed by atoms with Gasteiger partial charge < -0.3 is 15.2 Å². The Labute approximate surface area is 151 Å². The zero-order valence-electron chi connectivity index (χ0n) is 14.3. The number of phenolic OH excluding ortho intramolecular Hbond substituents is 1. The van der Waals surface area contributed by atoms with Gasteiger partial charge in [-0.15, -0.1) is 0 Å². The maximum absolute atomic E-state index is 12.2. The lowest BCUT2D eigenvalue weighted by molar-refractivity contribution is -0.119. The highest BCUT2D eigenvalue weighted by atomic mass is 35.5. The maximum atomic E-state index is 12.2. The van der Waals surface area contributed by atoms with Gasteiger partial charge in [0, 0.05) is 10.7 Å². The van der Waals surface area contributed by atoms with Gasteiger partial charge in [-0.3, -0.25) is 4.79 Å². The average molecular weight is 362 g/mol. The molecule has 2 rings (SSSR count). The molecular weight excluding hydrogens is 342 g/mol. The second-order valence-electron chi connectivity index (χ2n) is 5.98. The van der Waals surface area contributed by atoms with Crippen molar-refractivity contribution in [3.8, 4) is 5.75 Å². The molecule has 0 saturated heterocycles. The smallest absolute Gasteiger partial charge is 0.342 e. The summed E-state index contributed by atoms with van der Waals surface area (Å²) in [6.07, 6.45) is 0. The van der Waals surface area contributed by atoms with Crippen LogP contribution in [-0.2, 0) is 9.53 Å². The summed E-state index contributed by atoms with van der Waals surface area (Å²) < 4.78 is 4.97. The Morgan fingerprint density at radius 3 is 2.64 bits per heavy atom. The van der Waals surface area contributed by atoms with Crippen molar-refractivity contribution in [3.05, 3.63) is 58.1 Å². The van der Waals surface area contributed by atoms with Crippen LogP contribution in [0.5, 0.6) is 5.75 Å². The first-order valence-electron chi connectivity index (χ1n) is 7.84. The quantitative estimate of drug-likeness (QED) is 0.779. The van der Waals surface area contributed by atoms with Gasteiger partial charge in [-0.1, -0.05) is 43.6 Å². The number of hydrogen-bond acceptors (Lipinski definition) is 4. The molecule has 1 amide bonds. The number of benzene rings is 2. The first-order valence-corrected chi connectivity index (χ1v) is 8.22. The van der Waals surface area contributed by atoms with Crippen molar-refractivity contribution in [1.82, 2.24) is 0 Å². The van der Waals surface area contributed by atoms with Crippen LogP contribution in [0.2, 0.25) is 5.02 Å². The van der Waals surface area contributed by atoms with E-state index >= 15 is 0 Å². The summed E-state index contributed by atoms with van der Waals surface area (Å²) in [6.45, 7) is 5.51. The highest BCUT2D eigenvalue weighted by Crippen LogP contribution is 2.27. The van der Waals surface area contributed by atoms with Crippen LogP contribution in [0.1, 0.15) is 41.3 Å². The summed E-state index contributed by atoms with van der Waals surface area (Å²) >= 11 is 5.80. The molecule has 132 valence electrons. The Hall–Kier alpha value is -2.53. The van der Waals surface area contributed by atoms with E-state index < -0.39 is 18.5 Å². The van der Waals surface area contributed by atoms with E-state index in [1.807, 2.05) is 39.0 Å². The van der Waals surface area contributed by atoms with E-state index in [9.17, 15) is 14.7 Å². The third-order valence-corrected chi connectivity index (χ3v) is 3.94. The number of hydrogen-bond donors (Lipinski definition) is 2. The molecule has 25 heavy (non-hydrogen) atoms. The number of amides is 1. The number of esters is 1. The second kappa shape index (κ2) is 8.03. The Morgan fingerprint density at radius 1 is 1.24 bits per heavy atom. The van der Waals surface area contributed by atoms with E-state index in [-0.39, 0.29) is 22.3 Å². The van der Waals surface area contributed by atoms with E-state index in [0.29, 0.717) is 0 Å². The van der Waals surface area contributed by atoms with E-state index in [1.165, 1.54) is 18.2 Å². The number of halogens is 1. The number of rotatable bonds is 5. The first kappa shape index (κ1) is 18.8. The summed E-state index contributed by atoms with van der Waals surface area (Å²) in [5, 5.41) is 12.8. The lowest BCUT2D eigenvalue weighted by atomic mass is 9.98. The summed E-state index contributed by atoms with van der Waals surface area (Å²) in [4.78, 5) is 24.1. The van der Waals surface area contributed by atoms with Crippen LogP contribution < -0.4 is 5.32 Å². The van der Waals surface area contributed by atoms with Gasteiger partial charge in [0.2, 0.25) is 0 Å². The first-order chi connectivity index (χ1) is 11.8. The van der Waals surface area contributed by atoms with Gasteiger partial charge in [-0.25, -0.2) is 4.79 Å². The Kier molecular flexibility index (Phi) is 6.04. The van der Waals surface area contributed by atoms with Crippen molar-refractivity contribution in [3.63, 3.8) is 0 Å². The molecule has 0 aliphatic rings. The average Bonchev–Trinajstić information content (AvgIpc) is 2.56. The predicted octanol–water partition coefficient (Wildman–Crippen LogP) is 4.27. The maximum Gasteiger partial charge on any atom is 0.342 e. The molecule has 2 N–H and O–H groups in total. The van der Waals surface area contributed by atoms with Gasteiger partial charge in [0.15, 0.2) is 6.61 Å². The van der Waals surface area contributed by atoms with Crippen molar-refractivity contribution >= 4 is 29.2 Å². The standard InChI is InChI=1S/C19H20ClNO4/c1-11(2)14-6-4-5-12(3)18(14)21-17(23)10-25-19(24)15-9-13(20)7-8-16(15)22/h4-9,11,22H,10H2,1-3H3,(H,21,23). The molecule has 0 bridgehead atoms. The summed E-state index contributed by atoms with van der Waals surface area (Å²) in [6, 6.07) is 9.81. The van der Waals surface area contributed by atoms with Crippen LogP contribution >= 0.6 is 11.6 Å². The fourth-order valence-corrected chi connectivity index (χ4v) is 2.57. The fraction of sp³-hybridized carbons (Fsp3) is 0.263. The summed E-state index contributed by atoms with van der Waals surface area (Å²) in [7, 11) is 0. The Balaban J connectivity index is 2.04.